The summed E-state index contributed by atoms with van der Waals surface area (Å²) in [6.07, 6.45) is 0.260. The molecule has 4 nitrogen and oxygen atoms in total. The summed E-state index contributed by atoms with van der Waals surface area (Å²) < 4.78 is 0. The molecule has 1 amide bonds. The summed E-state index contributed by atoms with van der Waals surface area (Å²) in [6.45, 7) is 5.92. The van der Waals surface area contributed by atoms with Gasteiger partial charge in [-0.2, -0.15) is 0 Å². The lowest BCUT2D eigenvalue weighted by molar-refractivity contribution is -0.148. The van der Waals surface area contributed by atoms with E-state index in [1.54, 1.807) is 0 Å². The molecule has 0 radical (unpaired) electrons. The number of hydrogen-bond donors (Lipinski definition) is 1. The van der Waals surface area contributed by atoms with Gasteiger partial charge in [0, 0.05) is 5.75 Å². The Hall–Kier alpha value is -1.49. The molecule has 1 N–H and O–H groups in total. The third-order valence-electron chi connectivity index (χ3n) is 3.72. The van der Waals surface area contributed by atoms with Crippen LogP contribution in [0.2, 0.25) is 0 Å². The topological polar surface area (TPSA) is 57.6 Å². The van der Waals surface area contributed by atoms with Gasteiger partial charge in [-0.3, -0.25) is 4.79 Å². The molecule has 1 aliphatic rings. The molecular weight excluding hydrogens is 274 g/mol. The Balaban J connectivity index is 2.14. The zero-order chi connectivity index (χ0) is 14.9. The smallest absolute Gasteiger partial charge is 0.327 e. The molecule has 0 aliphatic carbocycles. The van der Waals surface area contributed by atoms with Crippen LogP contribution in [0, 0.1) is 13.8 Å². The van der Waals surface area contributed by atoms with Crippen molar-refractivity contribution in [1.82, 2.24) is 4.90 Å². The number of carbonyl (C=O) groups is 2. The SMILES string of the molecule is Cc1ccc(CC(=O)N2C(C)SCC2C(=O)O)cc1C. The largest absolute Gasteiger partial charge is 0.480 e. The number of nitrogens with zero attached hydrogens (tertiary/aromatic N) is 1. The highest BCUT2D eigenvalue weighted by molar-refractivity contribution is 8.00. The Morgan fingerprint density at radius 2 is 2.05 bits per heavy atom. The van der Waals surface area contributed by atoms with Crippen molar-refractivity contribution < 1.29 is 14.7 Å². The van der Waals surface area contributed by atoms with E-state index in [2.05, 4.69) is 0 Å². The molecule has 0 aromatic heterocycles. The van der Waals surface area contributed by atoms with Crippen LogP contribution in [-0.4, -0.2) is 39.1 Å². The summed E-state index contributed by atoms with van der Waals surface area (Å²) in [5.41, 5.74) is 3.27. The van der Waals surface area contributed by atoms with Gasteiger partial charge in [-0.1, -0.05) is 18.2 Å². The molecule has 1 aromatic carbocycles. The van der Waals surface area contributed by atoms with Crippen LogP contribution in [0.4, 0.5) is 0 Å². The molecule has 2 atom stereocenters. The van der Waals surface area contributed by atoms with Gasteiger partial charge in [0.1, 0.15) is 6.04 Å². The van der Waals surface area contributed by atoms with Crippen molar-refractivity contribution in [2.75, 3.05) is 5.75 Å². The second-order valence-corrected chi connectivity index (χ2v) is 6.53. The van der Waals surface area contributed by atoms with E-state index in [-0.39, 0.29) is 17.7 Å². The van der Waals surface area contributed by atoms with Gasteiger partial charge in [0.05, 0.1) is 11.8 Å². The summed E-state index contributed by atoms with van der Waals surface area (Å²) in [5, 5.41) is 9.12. The quantitative estimate of drug-likeness (QED) is 0.928. The van der Waals surface area contributed by atoms with Crippen LogP contribution in [0.25, 0.3) is 0 Å². The average Bonchev–Trinajstić information content (AvgIpc) is 2.76. The lowest BCUT2D eigenvalue weighted by Crippen LogP contribution is -2.45. The molecular formula is C15H19NO3S. The van der Waals surface area contributed by atoms with E-state index in [9.17, 15) is 14.7 Å². The number of carboxylic acids is 1. The third-order valence-corrected chi connectivity index (χ3v) is 4.94. The number of carboxylic acid groups (broad SMARTS) is 1. The van der Waals surface area contributed by atoms with Gasteiger partial charge in [0.25, 0.3) is 0 Å². The molecule has 1 saturated heterocycles. The molecule has 0 saturated carbocycles. The molecule has 0 spiro atoms. The average molecular weight is 293 g/mol. The van der Waals surface area contributed by atoms with Crippen molar-refractivity contribution in [1.29, 1.82) is 0 Å². The Morgan fingerprint density at radius 1 is 1.35 bits per heavy atom. The Bertz CT molecular complexity index is 544. The maximum absolute atomic E-state index is 12.4. The van der Waals surface area contributed by atoms with E-state index in [4.69, 9.17) is 0 Å². The van der Waals surface area contributed by atoms with Crippen molar-refractivity contribution in [3.05, 3.63) is 34.9 Å². The van der Waals surface area contributed by atoms with Crippen molar-refractivity contribution in [2.24, 2.45) is 0 Å². The van der Waals surface area contributed by atoms with Crippen molar-refractivity contribution in [3.63, 3.8) is 0 Å². The Morgan fingerprint density at radius 3 is 2.65 bits per heavy atom. The minimum Gasteiger partial charge on any atom is -0.480 e. The molecule has 2 unspecified atom stereocenters. The van der Waals surface area contributed by atoms with E-state index >= 15 is 0 Å². The zero-order valence-electron chi connectivity index (χ0n) is 11.9. The highest BCUT2D eigenvalue weighted by Crippen LogP contribution is 2.29. The molecule has 108 valence electrons. The number of aliphatic carboxylic acids is 1. The fourth-order valence-electron chi connectivity index (χ4n) is 2.39. The van der Waals surface area contributed by atoms with Crippen molar-refractivity contribution in [3.8, 4) is 0 Å². The van der Waals surface area contributed by atoms with Gasteiger partial charge in [0.2, 0.25) is 5.91 Å². The highest BCUT2D eigenvalue weighted by Gasteiger charge is 2.39. The number of rotatable bonds is 3. The zero-order valence-corrected chi connectivity index (χ0v) is 12.7. The monoisotopic (exact) mass is 293 g/mol. The van der Waals surface area contributed by atoms with Crippen LogP contribution in [0.15, 0.2) is 18.2 Å². The molecule has 5 heteroatoms. The van der Waals surface area contributed by atoms with E-state index in [0.717, 1.165) is 11.1 Å². The van der Waals surface area contributed by atoms with Crippen LogP contribution < -0.4 is 0 Å². The number of thioether (sulfide) groups is 1. The second kappa shape index (κ2) is 5.87. The van der Waals surface area contributed by atoms with Crippen molar-refractivity contribution in [2.45, 2.75) is 38.6 Å². The van der Waals surface area contributed by atoms with Crippen LogP contribution >= 0.6 is 11.8 Å². The van der Waals surface area contributed by atoms with E-state index < -0.39 is 12.0 Å². The van der Waals surface area contributed by atoms with Crippen molar-refractivity contribution >= 4 is 23.6 Å². The number of benzene rings is 1. The summed E-state index contributed by atoms with van der Waals surface area (Å²) in [7, 11) is 0. The summed E-state index contributed by atoms with van der Waals surface area (Å²) in [4.78, 5) is 25.1. The number of aryl methyl sites for hydroxylation is 2. The summed E-state index contributed by atoms with van der Waals surface area (Å²) in [6, 6.07) is 5.23. The van der Waals surface area contributed by atoms with Gasteiger partial charge < -0.3 is 10.0 Å². The number of amides is 1. The molecule has 0 bridgehead atoms. The number of carbonyl (C=O) groups excluding carboxylic acids is 1. The second-order valence-electron chi connectivity index (χ2n) is 5.18. The first-order valence-electron chi connectivity index (χ1n) is 6.62. The van der Waals surface area contributed by atoms with Gasteiger partial charge >= 0.3 is 5.97 Å². The Labute approximate surface area is 123 Å². The first-order chi connectivity index (χ1) is 9.40. The molecule has 1 heterocycles. The van der Waals surface area contributed by atoms with Crippen LogP contribution in [0.5, 0.6) is 0 Å². The van der Waals surface area contributed by atoms with Gasteiger partial charge in [-0.25, -0.2) is 4.79 Å². The molecule has 1 aliphatic heterocycles. The van der Waals surface area contributed by atoms with Crippen LogP contribution in [0.1, 0.15) is 23.6 Å². The van der Waals surface area contributed by atoms with Gasteiger partial charge in [0.15, 0.2) is 0 Å². The first kappa shape index (κ1) is 14.9. The Kier molecular flexibility index (Phi) is 4.38. The number of hydrogen-bond acceptors (Lipinski definition) is 3. The standard InChI is InChI=1S/C15H19NO3S/c1-9-4-5-12(6-10(9)2)7-14(17)16-11(3)20-8-13(16)15(18)19/h4-6,11,13H,7-8H2,1-3H3,(H,18,19). The predicted molar refractivity (Wildman–Crippen MR) is 79.8 cm³/mol. The molecule has 2 rings (SSSR count). The van der Waals surface area contributed by atoms with Gasteiger partial charge in [-0.15, -0.1) is 11.8 Å². The van der Waals surface area contributed by atoms with E-state index in [1.165, 1.54) is 22.2 Å². The lowest BCUT2D eigenvalue weighted by Gasteiger charge is -2.25. The minimum absolute atomic E-state index is 0.0739. The third kappa shape index (κ3) is 2.98. The van der Waals surface area contributed by atoms with Crippen LogP contribution in [0.3, 0.4) is 0 Å². The fraction of sp³-hybridized carbons (Fsp3) is 0.467. The minimum atomic E-state index is -0.921. The summed E-state index contributed by atoms with van der Waals surface area (Å²) in [5.74, 6) is -0.566. The lowest BCUT2D eigenvalue weighted by atomic mass is 10.0. The van der Waals surface area contributed by atoms with Gasteiger partial charge in [-0.05, 0) is 37.5 Å². The summed E-state index contributed by atoms with van der Waals surface area (Å²) >= 11 is 1.51. The van der Waals surface area contributed by atoms with Crippen LogP contribution in [-0.2, 0) is 16.0 Å². The first-order valence-corrected chi connectivity index (χ1v) is 7.66. The molecule has 1 fully saturated rings. The molecule has 1 aromatic rings. The maximum atomic E-state index is 12.4. The fourth-order valence-corrected chi connectivity index (χ4v) is 3.58. The van der Waals surface area contributed by atoms with E-state index in [1.807, 2.05) is 39.0 Å². The molecule has 20 heavy (non-hydrogen) atoms. The highest BCUT2D eigenvalue weighted by atomic mass is 32.2. The maximum Gasteiger partial charge on any atom is 0.327 e. The predicted octanol–water partition coefficient (Wildman–Crippen LogP) is 2.22. The normalized spacial score (nSPS) is 22.1. The van der Waals surface area contributed by atoms with E-state index in [0.29, 0.717) is 5.75 Å².